The van der Waals surface area contributed by atoms with Gasteiger partial charge < -0.3 is 10.5 Å². The molecule has 0 heterocycles. The minimum Gasteiger partial charge on any atom is -0.484 e. The second-order valence-corrected chi connectivity index (χ2v) is 4.94. The van der Waals surface area contributed by atoms with Crippen molar-refractivity contribution < 1.29 is 13.5 Å². The van der Waals surface area contributed by atoms with E-state index >= 15 is 0 Å². The molecule has 0 fully saturated rings. The van der Waals surface area contributed by atoms with Crippen LogP contribution in [0.4, 0.5) is 8.78 Å². The molecule has 0 aliphatic heterocycles. The van der Waals surface area contributed by atoms with Crippen molar-refractivity contribution in [3.05, 3.63) is 64.7 Å². The molecule has 0 amide bonds. The Kier molecular flexibility index (Phi) is 4.57. The Hall–Kier alpha value is -1.65. The third kappa shape index (κ3) is 3.46. The highest BCUT2D eigenvalue weighted by atomic mass is 35.5. The van der Waals surface area contributed by atoms with Gasteiger partial charge in [0.15, 0.2) is 0 Å². The van der Waals surface area contributed by atoms with E-state index in [1.165, 1.54) is 30.3 Å². The van der Waals surface area contributed by atoms with Gasteiger partial charge in [0.1, 0.15) is 23.5 Å². The predicted molar refractivity (Wildman–Crippen MR) is 74.8 cm³/mol. The molecule has 0 radical (unpaired) electrons. The maximum absolute atomic E-state index is 13.3. The first-order valence-corrected chi connectivity index (χ1v) is 6.48. The van der Waals surface area contributed by atoms with Crippen LogP contribution in [0, 0.1) is 11.6 Å². The van der Waals surface area contributed by atoms with Crippen LogP contribution in [0.1, 0.15) is 18.6 Å². The second-order valence-electron chi connectivity index (χ2n) is 4.53. The molecule has 2 N–H and O–H groups in total. The zero-order valence-electron chi connectivity index (χ0n) is 10.8. The quantitative estimate of drug-likeness (QED) is 0.922. The summed E-state index contributed by atoms with van der Waals surface area (Å²) < 4.78 is 32.1. The molecular weight excluding hydrogens is 284 g/mol. The molecule has 0 bridgehead atoms. The average molecular weight is 298 g/mol. The molecule has 2 aromatic carbocycles. The summed E-state index contributed by atoms with van der Waals surface area (Å²) in [6.07, 6.45) is -0.549. The number of rotatable bonds is 4. The monoisotopic (exact) mass is 297 g/mol. The Morgan fingerprint density at radius 2 is 1.90 bits per heavy atom. The van der Waals surface area contributed by atoms with Gasteiger partial charge in [0.2, 0.25) is 0 Å². The standard InChI is InChI=1S/C15H14ClF2NO/c1-9(19)15(10-3-2-4-11(17)7-10)20-12-5-6-14(18)13(16)8-12/h2-9,15H,19H2,1H3. The third-order valence-corrected chi connectivity index (χ3v) is 3.10. The maximum Gasteiger partial charge on any atom is 0.142 e. The van der Waals surface area contributed by atoms with E-state index in [4.69, 9.17) is 22.1 Å². The van der Waals surface area contributed by atoms with Crippen LogP contribution in [0.15, 0.2) is 42.5 Å². The molecule has 0 spiro atoms. The molecule has 2 nitrogen and oxygen atoms in total. The van der Waals surface area contributed by atoms with Crippen LogP contribution in [0.2, 0.25) is 5.02 Å². The van der Waals surface area contributed by atoms with Crippen molar-refractivity contribution in [3.8, 4) is 5.75 Å². The Morgan fingerprint density at radius 1 is 1.15 bits per heavy atom. The van der Waals surface area contributed by atoms with Crippen LogP contribution in [0.3, 0.4) is 0 Å². The molecule has 0 aliphatic rings. The molecule has 106 valence electrons. The van der Waals surface area contributed by atoms with Gasteiger partial charge >= 0.3 is 0 Å². The first-order chi connectivity index (χ1) is 9.47. The van der Waals surface area contributed by atoms with Crippen molar-refractivity contribution >= 4 is 11.6 Å². The summed E-state index contributed by atoms with van der Waals surface area (Å²) in [6, 6.07) is 9.67. The van der Waals surface area contributed by atoms with Crippen molar-refractivity contribution in [2.24, 2.45) is 5.73 Å². The Bertz CT molecular complexity index is 604. The Labute approximate surface area is 121 Å². The Balaban J connectivity index is 2.28. The highest BCUT2D eigenvalue weighted by Crippen LogP contribution is 2.27. The molecule has 20 heavy (non-hydrogen) atoms. The minimum absolute atomic E-state index is 0.0369. The van der Waals surface area contributed by atoms with Crippen molar-refractivity contribution in [3.63, 3.8) is 0 Å². The highest BCUT2D eigenvalue weighted by molar-refractivity contribution is 6.30. The summed E-state index contributed by atoms with van der Waals surface area (Å²) >= 11 is 5.70. The summed E-state index contributed by atoms with van der Waals surface area (Å²) in [4.78, 5) is 0. The summed E-state index contributed by atoms with van der Waals surface area (Å²) in [5.41, 5.74) is 6.49. The lowest BCUT2D eigenvalue weighted by Crippen LogP contribution is -2.29. The van der Waals surface area contributed by atoms with Gasteiger partial charge in [-0.1, -0.05) is 23.7 Å². The van der Waals surface area contributed by atoms with Gasteiger partial charge in [-0.15, -0.1) is 0 Å². The van der Waals surface area contributed by atoms with Crippen molar-refractivity contribution in [1.29, 1.82) is 0 Å². The van der Waals surface area contributed by atoms with Crippen LogP contribution in [0.5, 0.6) is 5.75 Å². The summed E-state index contributed by atoms with van der Waals surface area (Å²) in [7, 11) is 0. The summed E-state index contributed by atoms with van der Waals surface area (Å²) in [5, 5.41) is -0.0369. The van der Waals surface area contributed by atoms with Gasteiger partial charge in [0, 0.05) is 12.1 Å². The van der Waals surface area contributed by atoms with E-state index in [0.29, 0.717) is 11.3 Å². The minimum atomic E-state index is -0.549. The first kappa shape index (κ1) is 14.8. The molecular formula is C15H14ClF2NO. The summed E-state index contributed by atoms with van der Waals surface area (Å²) in [5.74, 6) is -0.515. The fraction of sp³-hybridized carbons (Fsp3) is 0.200. The van der Waals surface area contributed by atoms with Gasteiger partial charge in [-0.3, -0.25) is 0 Å². The summed E-state index contributed by atoms with van der Waals surface area (Å²) in [6.45, 7) is 1.75. The van der Waals surface area contributed by atoms with E-state index < -0.39 is 11.9 Å². The molecule has 0 saturated carbocycles. The number of hydrogen-bond donors (Lipinski definition) is 1. The third-order valence-electron chi connectivity index (χ3n) is 2.81. The lowest BCUT2D eigenvalue weighted by Gasteiger charge is -2.23. The van der Waals surface area contributed by atoms with Crippen molar-refractivity contribution in [1.82, 2.24) is 0 Å². The molecule has 2 atom stereocenters. The number of benzene rings is 2. The van der Waals surface area contributed by atoms with Crippen molar-refractivity contribution in [2.45, 2.75) is 19.1 Å². The normalized spacial score (nSPS) is 13.8. The SMILES string of the molecule is CC(N)C(Oc1ccc(F)c(Cl)c1)c1cccc(F)c1. The van der Waals surface area contributed by atoms with Crippen LogP contribution >= 0.6 is 11.6 Å². The molecule has 2 rings (SSSR count). The highest BCUT2D eigenvalue weighted by Gasteiger charge is 2.19. The van der Waals surface area contributed by atoms with Gasteiger partial charge in [0.25, 0.3) is 0 Å². The number of nitrogens with two attached hydrogens (primary N) is 1. The molecule has 0 aromatic heterocycles. The topological polar surface area (TPSA) is 35.2 Å². The van der Waals surface area contributed by atoms with Crippen LogP contribution < -0.4 is 10.5 Å². The van der Waals surface area contributed by atoms with E-state index in [1.807, 2.05) is 0 Å². The van der Waals surface area contributed by atoms with E-state index in [-0.39, 0.29) is 16.9 Å². The largest absolute Gasteiger partial charge is 0.484 e. The zero-order chi connectivity index (χ0) is 14.7. The van der Waals surface area contributed by atoms with E-state index in [1.54, 1.807) is 19.1 Å². The fourth-order valence-corrected chi connectivity index (χ4v) is 2.03. The Morgan fingerprint density at radius 3 is 2.50 bits per heavy atom. The lowest BCUT2D eigenvalue weighted by atomic mass is 10.0. The number of hydrogen-bond acceptors (Lipinski definition) is 2. The van der Waals surface area contributed by atoms with Crippen LogP contribution in [-0.2, 0) is 0 Å². The van der Waals surface area contributed by atoms with Crippen LogP contribution in [-0.4, -0.2) is 6.04 Å². The average Bonchev–Trinajstić information content (AvgIpc) is 2.39. The molecule has 0 saturated heterocycles. The van der Waals surface area contributed by atoms with Gasteiger partial charge in [-0.2, -0.15) is 0 Å². The van der Waals surface area contributed by atoms with Crippen molar-refractivity contribution in [2.75, 3.05) is 0 Å². The maximum atomic E-state index is 13.3. The van der Waals surface area contributed by atoms with E-state index in [0.717, 1.165) is 0 Å². The van der Waals surface area contributed by atoms with Gasteiger partial charge in [0.05, 0.1) is 5.02 Å². The lowest BCUT2D eigenvalue weighted by molar-refractivity contribution is 0.180. The van der Waals surface area contributed by atoms with E-state index in [9.17, 15) is 8.78 Å². The van der Waals surface area contributed by atoms with Crippen LogP contribution in [0.25, 0.3) is 0 Å². The van der Waals surface area contributed by atoms with Gasteiger partial charge in [-0.25, -0.2) is 8.78 Å². The molecule has 0 aliphatic carbocycles. The predicted octanol–water partition coefficient (Wildman–Crippen LogP) is 4.09. The van der Waals surface area contributed by atoms with Gasteiger partial charge in [-0.05, 0) is 36.8 Å². The molecule has 5 heteroatoms. The molecule has 2 unspecified atom stereocenters. The number of ether oxygens (including phenoxy) is 1. The van der Waals surface area contributed by atoms with E-state index in [2.05, 4.69) is 0 Å². The second kappa shape index (κ2) is 6.20. The number of halogens is 3. The fourth-order valence-electron chi connectivity index (χ4n) is 1.86. The zero-order valence-corrected chi connectivity index (χ0v) is 11.6. The first-order valence-electron chi connectivity index (χ1n) is 6.10. The smallest absolute Gasteiger partial charge is 0.142 e. The molecule has 2 aromatic rings.